The summed E-state index contributed by atoms with van der Waals surface area (Å²) in [5.74, 6) is 1.69. The standard InChI is InChI=1S/C23H31N5O2/c1-18-6-5-12-27(17-18)23(30)19-9-13-26(14-10-19)22(29)16-24-21-11-15-28(25-21)20-7-3-2-4-8-20/h2-4,7-8,11,15,18-19H,5-6,9-10,12-14,16-17H2,1H3,(H,24,25). The van der Waals surface area contributed by atoms with Crippen molar-refractivity contribution >= 4 is 17.6 Å². The van der Waals surface area contributed by atoms with E-state index in [2.05, 4.69) is 17.3 Å². The van der Waals surface area contributed by atoms with Gasteiger partial charge in [-0.3, -0.25) is 9.59 Å². The molecule has 3 heterocycles. The van der Waals surface area contributed by atoms with Gasteiger partial charge in [-0.1, -0.05) is 25.1 Å². The van der Waals surface area contributed by atoms with Crippen molar-refractivity contribution in [3.63, 3.8) is 0 Å². The molecule has 0 radical (unpaired) electrons. The molecular formula is C23H31N5O2. The summed E-state index contributed by atoms with van der Waals surface area (Å²) in [5, 5.41) is 7.60. The van der Waals surface area contributed by atoms with Gasteiger partial charge < -0.3 is 15.1 Å². The van der Waals surface area contributed by atoms with E-state index in [0.29, 0.717) is 30.7 Å². The van der Waals surface area contributed by atoms with Crippen LogP contribution in [-0.4, -0.2) is 64.1 Å². The number of aromatic nitrogens is 2. The maximum absolute atomic E-state index is 12.8. The van der Waals surface area contributed by atoms with Crippen molar-refractivity contribution < 1.29 is 9.59 Å². The number of carbonyl (C=O) groups excluding carboxylic acids is 2. The molecule has 7 heteroatoms. The molecule has 1 unspecified atom stereocenters. The van der Waals surface area contributed by atoms with Crippen LogP contribution in [0.4, 0.5) is 5.82 Å². The maximum atomic E-state index is 12.8. The lowest BCUT2D eigenvalue weighted by Crippen LogP contribution is -2.47. The second-order valence-corrected chi connectivity index (χ2v) is 8.52. The Morgan fingerprint density at radius 3 is 2.53 bits per heavy atom. The van der Waals surface area contributed by atoms with E-state index in [1.165, 1.54) is 6.42 Å². The van der Waals surface area contributed by atoms with E-state index in [1.54, 1.807) is 4.68 Å². The van der Waals surface area contributed by atoms with E-state index in [-0.39, 0.29) is 18.4 Å². The molecule has 160 valence electrons. The van der Waals surface area contributed by atoms with Crippen LogP contribution in [0.15, 0.2) is 42.6 Å². The van der Waals surface area contributed by atoms with Gasteiger partial charge in [-0.25, -0.2) is 4.68 Å². The summed E-state index contributed by atoms with van der Waals surface area (Å²) in [7, 11) is 0. The Hall–Kier alpha value is -2.83. The van der Waals surface area contributed by atoms with E-state index >= 15 is 0 Å². The molecule has 0 aliphatic carbocycles. The highest BCUT2D eigenvalue weighted by molar-refractivity contribution is 5.82. The molecule has 30 heavy (non-hydrogen) atoms. The third-order valence-electron chi connectivity index (χ3n) is 6.20. The number of amides is 2. The van der Waals surface area contributed by atoms with Crippen molar-refractivity contribution in [1.82, 2.24) is 19.6 Å². The molecule has 2 aromatic rings. The monoisotopic (exact) mass is 409 g/mol. The smallest absolute Gasteiger partial charge is 0.241 e. The Labute approximate surface area is 178 Å². The molecule has 0 spiro atoms. The van der Waals surface area contributed by atoms with E-state index in [0.717, 1.165) is 38.0 Å². The predicted octanol–water partition coefficient (Wildman–Crippen LogP) is 2.78. The summed E-state index contributed by atoms with van der Waals surface area (Å²) in [6, 6.07) is 11.7. The molecule has 1 aromatic carbocycles. The van der Waals surface area contributed by atoms with Gasteiger partial charge in [-0.05, 0) is 43.7 Å². The van der Waals surface area contributed by atoms with Gasteiger partial charge in [0.15, 0.2) is 0 Å². The molecule has 2 aliphatic heterocycles. The SMILES string of the molecule is CC1CCCN(C(=O)C2CCN(C(=O)CNc3ccn(-c4ccccc4)n3)CC2)C1. The van der Waals surface area contributed by atoms with Crippen LogP contribution in [0.3, 0.4) is 0 Å². The Kier molecular flexibility index (Phi) is 6.35. The highest BCUT2D eigenvalue weighted by Gasteiger charge is 2.31. The molecule has 4 rings (SSSR count). The minimum absolute atomic E-state index is 0.0572. The van der Waals surface area contributed by atoms with Crippen molar-refractivity contribution in [3.05, 3.63) is 42.6 Å². The molecule has 2 fully saturated rings. The van der Waals surface area contributed by atoms with Gasteiger partial charge in [-0.2, -0.15) is 5.10 Å². The summed E-state index contributed by atoms with van der Waals surface area (Å²) in [4.78, 5) is 29.3. The first-order valence-corrected chi connectivity index (χ1v) is 11.0. The van der Waals surface area contributed by atoms with Crippen LogP contribution in [0.1, 0.15) is 32.6 Å². The third kappa shape index (κ3) is 4.83. The average Bonchev–Trinajstić information content (AvgIpc) is 3.27. The quantitative estimate of drug-likeness (QED) is 0.824. The number of benzene rings is 1. The zero-order chi connectivity index (χ0) is 20.9. The summed E-state index contributed by atoms with van der Waals surface area (Å²) >= 11 is 0. The van der Waals surface area contributed by atoms with Crippen molar-refractivity contribution in [1.29, 1.82) is 0 Å². The van der Waals surface area contributed by atoms with Crippen LogP contribution in [0.2, 0.25) is 0 Å². The maximum Gasteiger partial charge on any atom is 0.241 e. The molecule has 1 N–H and O–H groups in total. The normalized spacial score (nSPS) is 20.2. The Bertz CT molecular complexity index is 857. The van der Waals surface area contributed by atoms with Crippen molar-refractivity contribution in [2.45, 2.75) is 32.6 Å². The number of rotatable bonds is 5. The van der Waals surface area contributed by atoms with Gasteiger partial charge in [-0.15, -0.1) is 0 Å². The first-order chi connectivity index (χ1) is 14.6. The van der Waals surface area contributed by atoms with E-state index < -0.39 is 0 Å². The molecule has 1 atom stereocenters. The molecule has 0 bridgehead atoms. The fraction of sp³-hybridized carbons (Fsp3) is 0.522. The summed E-state index contributed by atoms with van der Waals surface area (Å²) in [5.41, 5.74) is 0.978. The number of hydrogen-bond donors (Lipinski definition) is 1. The largest absolute Gasteiger partial charge is 0.360 e. The highest BCUT2D eigenvalue weighted by Crippen LogP contribution is 2.23. The number of anilines is 1. The zero-order valence-corrected chi connectivity index (χ0v) is 17.7. The minimum atomic E-state index is 0.0572. The molecule has 0 saturated carbocycles. The first-order valence-electron chi connectivity index (χ1n) is 11.0. The zero-order valence-electron chi connectivity index (χ0n) is 17.7. The lowest BCUT2D eigenvalue weighted by molar-refractivity contribution is -0.141. The van der Waals surface area contributed by atoms with Crippen LogP contribution in [0, 0.1) is 11.8 Å². The van der Waals surface area contributed by atoms with Crippen molar-refractivity contribution in [2.75, 3.05) is 38.0 Å². The topological polar surface area (TPSA) is 70.5 Å². The average molecular weight is 410 g/mol. The van der Waals surface area contributed by atoms with E-state index in [4.69, 9.17) is 0 Å². The number of hydrogen-bond acceptors (Lipinski definition) is 4. The van der Waals surface area contributed by atoms with E-state index in [1.807, 2.05) is 52.4 Å². The van der Waals surface area contributed by atoms with Crippen LogP contribution < -0.4 is 5.32 Å². The third-order valence-corrected chi connectivity index (χ3v) is 6.20. The molecule has 1 aromatic heterocycles. The lowest BCUT2D eigenvalue weighted by atomic mass is 9.92. The number of nitrogens with one attached hydrogen (secondary N) is 1. The van der Waals surface area contributed by atoms with Crippen LogP contribution in [0.5, 0.6) is 0 Å². The number of piperidine rings is 2. The second kappa shape index (κ2) is 9.32. The Morgan fingerprint density at radius 2 is 1.80 bits per heavy atom. The number of para-hydroxylation sites is 1. The minimum Gasteiger partial charge on any atom is -0.360 e. The molecular weight excluding hydrogens is 378 g/mol. The molecule has 2 amide bonds. The van der Waals surface area contributed by atoms with Crippen LogP contribution in [0.25, 0.3) is 5.69 Å². The summed E-state index contributed by atoms with van der Waals surface area (Å²) < 4.78 is 1.78. The second-order valence-electron chi connectivity index (χ2n) is 8.52. The van der Waals surface area contributed by atoms with Crippen LogP contribution >= 0.6 is 0 Å². The highest BCUT2D eigenvalue weighted by atomic mass is 16.2. The van der Waals surface area contributed by atoms with Crippen molar-refractivity contribution in [3.8, 4) is 5.69 Å². The van der Waals surface area contributed by atoms with Gasteiger partial charge in [0.1, 0.15) is 5.82 Å². The number of likely N-dealkylation sites (tertiary alicyclic amines) is 2. The predicted molar refractivity (Wildman–Crippen MR) is 116 cm³/mol. The molecule has 7 nitrogen and oxygen atoms in total. The molecule has 2 aliphatic rings. The molecule has 2 saturated heterocycles. The van der Waals surface area contributed by atoms with Gasteiger partial charge in [0, 0.05) is 44.4 Å². The van der Waals surface area contributed by atoms with Gasteiger partial charge >= 0.3 is 0 Å². The lowest BCUT2D eigenvalue weighted by Gasteiger charge is -2.37. The number of carbonyl (C=O) groups is 2. The summed E-state index contributed by atoms with van der Waals surface area (Å²) in [6.07, 6.45) is 5.72. The van der Waals surface area contributed by atoms with Gasteiger partial charge in [0.05, 0.1) is 12.2 Å². The van der Waals surface area contributed by atoms with Gasteiger partial charge in [0.2, 0.25) is 11.8 Å². The van der Waals surface area contributed by atoms with Gasteiger partial charge in [0.25, 0.3) is 0 Å². The Balaban J connectivity index is 1.23. The Morgan fingerprint density at radius 1 is 1.03 bits per heavy atom. The van der Waals surface area contributed by atoms with Crippen molar-refractivity contribution in [2.24, 2.45) is 11.8 Å². The van der Waals surface area contributed by atoms with E-state index in [9.17, 15) is 9.59 Å². The number of nitrogens with zero attached hydrogens (tertiary/aromatic N) is 4. The fourth-order valence-corrected chi connectivity index (χ4v) is 4.44. The van der Waals surface area contributed by atoms with Crippen LogP contribution in [-0.2, 0) is 9.59 Å². The first kappa shape index (κ1) is 20.4. The summed E-state index contributed by atoms with van der Waals surface area (Å²) in [6.45, 7) is 5.52. The fourth-order valence-electron chi connectivity index (χ4n) is 4.44.